The average molecular weight is 413 g/mol. The van der Waals surface area contributed by atoms with E-state index in [0.717, 1.165) is 5.39 Å². The Morgan fingerprint density at radius 1 is 0.893 bits per heavy atom. The van der Waals surface area contributed by atoms with Gasteiger partial charge in [-0.15, -0.1) is 0 Å². The van der Waals surface area contributed by atoms with Gasteiger partial charge in [-0.3, -0.25) is 0 Å². The molecule has 3 aromatic carbocycles. The molecule has 4 aromatic rings. The summed E-state index contributed by atoms with van der Waals surface area (Å²) in [6.45, 7) is 0. The molecule has 5 nitrogen and oxygen atoms in total. The maximum atomic E-state index is 10.5. The van der Waals surface area contributed by atoms with Crippen molar-refractivity contribution >= 4 is 34.1 Å². The summed E-state index contributed by atoms with van der Waals surface area (Å²) >= 11 is 12.1. The highest BCUT2D eigenvalue weighted by molar-refractivity contribution is 6.42. The van der Waals surface area contributed by atoms with Gasteiger partial charge in [-0.2, -0.15) is 4.98 Å². The number of halogens is 2. The molecule has 1 aromatic heterocycles. The van der Waals surface area contributed by atoms with Gasteiger partial charge in [-0.05, 0) is 36.4 Å². The molecule has 0 radical (unpaired) electrons. The van der Waals surface area contributed by atoms with Crippen LogP contribution >= 0.6 is 23.2 Å². The van der Waals surface area contributed by atoms with Crippen molar-refractivity contribution in [3.63, 3.8) is 0 Å². The number of aromatic hydroxyl groups is 1. The summed E-state index contributed by atoms with van der Waals surface area (Å²) in [4.78, 5) is 9.09. The molecule has 0 aliphatic heterocycles. The van der Waals surface area contributed by atoms with Crippen LogP contribution in [0.2, 0.25) is 10.0 Å². The summed E-state index contributed by atoms with van der Waals surface area (Å²) in [5, 5.41) is 12.0. The van der Waals surface area contributed by atoms with Crippen LogP contribution in [0.4, 0.5) is 0 Å². The van der Waals surface area contributed by atoms with Crippen LogP contribution in [0, 0.1) is 0 Å². The van der Waals surface area contributed by atoms with Crippen molar-refractivity contribution in [3.8, 4) is 34.5 Å². The number of hydrogen-bond acceptors (Lipinski definition) is 5. The minimum Gasteiger partial charge on any atom is -0.504 e. The summed E-state index contributed by atoms with van der Waals surface area (Å²) in [7, 11) is 1.49. The van der Waals surface area contributed by atoms with Gasteiger partial charge in [0.05, 0.1) is 33.6 Å². The predicted molar refractivity (Wildman–Crippen MR) is 110 cm³/mol. The lowest BCUT2D eigenvalue weighted by molar-refractivity contribution is 0.374. The number of nitrogens with zero attached hydrogens (tertiary/aromatic N) is 2. The first-order chi connectivity index (χ1) is 13.6. The molecule has 1 N–H and O–H groups in total. The fraction of sp³-hybridized carbons (Fsp3) is 0.0476. The van der Waals surface area contributed by atoms with E-state index < -0.39 is 0 Å². The molecule has 0 unspecified atom stereocenters. The number of fused-ring (bicyclic) bond motifs is 1. The van der Waals surface area contributed by atoms with E-state index in [9.17, 15) is 5.11 Å². The number of benzene rings is 3. The molecule has 0 saturated heterocycles. The first-order valence-corrected chi connectivity index (χ1v) is 9.08. The summed E-state index contributed by atoms with van der Waals surface area (Å²) < 4.78 is 11.2. The fourth-order valence-corrected chi connectivity index (χ4v) is 3.05. The van der Waals surface area contributed by atoms with Crippen molar-refractivity contribution in [1.82, 2.24) is 9.97 Å². The molecule has 0 atom stereocenters. The van der Waals surface area contributed by atoms with Crippen molar-refractivity contribution in [2.45, 2.75) is 0 Å². The Morgan fingerprint density at radius 3 is 2.50 bits per heavy atom. The maximum absolute atomic E-state index is 10.5. The molecule has 1 heterocycles. The smallest absolute Gasteiger partial charge is 0.230 e. The van der Waals surface area contributed by atoms with Crippen LogP contribution < -0.4 is 9.47 Å². The number of para-hydroxylation sites is 2. The van der Waals surface area contributed by atoms with Gasteiger partial charge < -0.3 is 14.6 Å². The van der Waals surface area contributed by atoms with Gasteiger partial charge in [0.15, 0.2) is 17.3 Å². The highest BCUT2D eigenvalue weighted by Crippen LogP contribution is 2.38. The molecular formula is C21H14Cl2N2O3. The zero-order chi connectivity index (χ0) is 19.7. The highest BCUT2D eigenvalue weighted by atomic mass is 35.5. The molecule has 28 heavy (non-hydrogen) atoms. The lowest BCUT2D eigenvalue weighted by Gasteiger charge is -2.12. The van der Waals surface area contributed by atoms with E-state index in [2.05, 4.69) is 9.97 Å². The van der Waals surface area contributed by atoms with Crippen molar-refractivity contribution in [2.24, 2.45) is 0 Å². The van der Waals surface area contributed by atoms with E-state index in [-0.39, 0.29) is 5.75 Å². The van der Waals surface area contributed by atoms with E-state index in [1.54, 1.807) is 36.4 Å². The molecule has 0 aliphatic rings. The zero-order valence-electron chi connectivity index (χ0n) is 14.7. The molecule has 0 bridgehead atoms. The Bertz CT molecular complexity index is 1180. The zero-order valence-corrected chi connectivity index (χ0v) is 16.2. The van der Waals surface area contributed by atoms with Gasteiger partial charge in [0, 0.05) is 6.07 Å². The molecule has 4 rings (SSSR count). The third kappa shape index (κ3) is 3.42. The topological polar surface area (TPSA) is 64.5 Å². The number of phenolic OH excluding ortho intramolecular Hbond substituents is 1. The number of aromatic nitrogens is 2. The second kappa shape index (κ2) is 7.54. The molecular weight excluding hydrogens is 399 g/mol. The number of methoxy groups -OCH3 is 1. The van der Waals surface area contributed by atoms with Gasteiger partial charge in [0.1, 0.15) is 5.75 Å². The van der Waals surface area contributed by atoms with E-state index in [1.165, 1.54) is 7.11 Å². The molecule has 0 amide bonds. The SMILES string of the molecule is COc1cccc(-c2nc(Oc3ccc(Cl)c(Cl)c3)c3ccccc3n2)c1O. The maximum Gasteiger partial charge on any atom is 0.230 e. The van der Waals surface area contributed by atoms with Crippen LogP contribution in [0.3, 0.4) is 0 Å². The molecule has 0 aliphatic carbocycles. The summed E-state index contributed by atoms with van der Waals surface area (Å²) in [6, 6.07) is 17.5. The van der Waals surface area contributed by atoms with Crippen LogP contribution in [-0.2, 0) is 0 Å². The molecule has 140 valence electrons. The predicted octanol–water partition coefficient (Wildman–Crippen LogP) is 6.11. The highest BCUT2D eigenvalue weighted by Gasteiger charge is 2.16. The summed E-state index contributed by atoms with van der Waals surface area (Å²) in [5.41, 5.74) is 1.11. The minimum absolute atomic E-state index is 0.0410. The quantitative estimate of drug-likeness (QED) is 0.437. The van der Waals surface area contributed by atoms with E-state index in [0.29, 0.717) is 44.3 Å². The normalized spacial score (nSPS) is 10.8. The Labute approximate surface area is 171 Å². The minimum atomic E-state index is -0.0410. The summed E-state index contributed by atoms with van der Waals surface area (Å²) in [5.74, 6) is 1.42. The van der Waals surface area contributed by atoms with Crippen LogP contribution in [0.15, 0.2) is 60.7 Å². The van der Waals surface area contributed by atoms with Gasteiger partial charge in [0.2, 0.25) is 5.88 Å². The first kappa shape index (κ1) is 18.3. The van der Waals surface area contributed by atoms with Crippen LogP contribution in [0.25, 0.3) is 22.3 Å². The van der Waals surface area contributed by atoms with E-state index in [4.69, 9.17) is 32.7 Å². The lowest BCUT2D eigenvalue weighted by atomic mass is 10.1. The van der Waals surface area contributed by atoms with Crippen LogP contribution in [0.5, 0.6) is 23.1 Å². The monoisotopic (exact) mass is 412 g/mol. The third-order valence-corrected chi connectivity index (χ3v) is 4.87. The fourth-order valence-electron chi connectivity index (χ4n) is 2.77. The molecule has 7 heteroatoms. The second-order valence-corrected chi connectivity index (χ2v) is 6.72. The van der Waals surface area contributed by atoms with Gasteiger partial charge >= 0.3 is 0 Å². The molecule has 0 saturated carbocycles. The average Bonchev–Trinajstić information content (AvgIpc) is 2.71. The number of phenols is 1. The Balaban J connectivity index is 1.87. The van der Waals surface area contributed by atoms with Crippen molar-refractivity contribution < 1.29 is 14.6 Å². The number of ether oxygens (including phenoxy) is 2. The Hall–Kier alpha value is -3.02. The molecule has 0 spiro atoms. The number of hydrogen-bond donors (Lipinski definition) is 1. The number of rotatable bonds is 4. The first-order valence-electron chi connectivity index (χ1n) is 8.33. The Morgan fingerprint density at radius 2 is 1.71 bits per heavy atom. The summed E-state index contributed by atoms with van der Waals surface area (Å²) in [6.07, 6.45) is 0. The van der Waals surface area contributed by atoms with Crippen LogP contribution in [-0.4, -0.2) is 22.2 Å². The van der Waals surface area contributed by atoms with Gasteiger partial charge in [-0.25, -0.2) is 4.98 Å². The van der Waals surface area contributed by atoms with Gasteiger partial charge in [0.25, 0.3) is 0 Å². The van der Waals surface area contributed by atoms with Crippen molar-refractivity contribution in [3.05, 3.63) is 70.7 Å². The third-order valence-electron chi connectivity index (χ3n) is 4.13. The van der Waals surface area contributed by atoms with Gasteiger partial charge in [-0.1, -0.05) is 41.4 Å². The second-order valence-electron chi connectivity index (χ2n) is 5.90. The van der Waals surface area contributed by atoms with Crippen molar-refractivity contribution in [1.29, 1.82) is 0 Å². The van der Waals surface area contributed by atoms with E-state index in [1.807, 2.05) is 24.3 Å². The van der Waals surface area contributed by atoms with Crippen molar-refractivity contribution in [2.75, 3.05) is 7.11 Å². The van der Waals surface area contributed by atoms with Crippen LogP contribution in [0.1, 0.15) is 0 Å². The lowest BCUT2D eigenvalue weighted by Crippen LogP contribution is -1.97. The Kier molecular flexibility index (Phi) is 4.94. The van der Waals surface area contributed by atoms with E-state index >= 15 is 0 Å². The largest absolute Gasteiger partial charge is 0.504 e. The standard InChI is InChI=1S/C21H14Cl2N2O3/c1-27-18-8-4-6-14(19(18)26)20-24-17-7-3-2-5-13(17)21(25-20)28-12-9-10-15(22)16(23)11-12/h2-11,26H,1H3. The molecule has 0 fully saturated rings.